The summed E-state index contributed by atoms with van der Waals surface area (Å²) in [6.45, 7) is 0. The van der Waals surface area contributed by atoms with Crippen molar-refractivity contribution in [2.75, 3.05) is 4.90 Å². The molecule has 0 fully saturated rings. The summed E-state index contributed by atoms with van der Waals surface area (Å²) in [5.74, 6) is -0.845. The van der Waals surface area contributed by atoms with Gasteiger partial charge >= 0.3 is 0 Å². The Labute approximate surface area is 328 Å². The van der Waals surface area contributed by atoms with Gasteiger partial charge in [-0.3, -0.25) is 0 Å². The second-order valence-electron chi connectivity index (χ2n) is 10.9. The van der Waals surface area contributed by atoms with E-state index in [-0.39, 0.29) is 30.3 Å². The molecule has 246 valence electrons. The van der Waals surface area contributed by atoms with Crippen LogP contribution in [0.5, 0.6) is 0 Å². The van der Waals surface area contributed by atoms with E-state index in [4.69, 9.17) is 97.8 Å². The number of benzene rings is 5. The topological polar surface area (TPSA) is 63.7 Å². The van der Waals surface area contributed by atoms with Crippen LogP contribution in [0.3, 0.4) is 0 Å². The first-order valence-corrected chi connectivity index (χ1v) is 17.6. The number of rotatable bonds is 7. The monoisotopic (exact) mass is 810 g/mol. The van der Waals surface area contributed by atoms with Crippen LogP contribution in [0.2, 0.25) is 40.3 Å². The van der Waals surface area contributed by atoms with Crippen molar-refractivity contribution in [3.63, 3.8) is 0 Å². The van der Waals surface area contributed by atoms with Crippen molar-refractivity contribution in [3.8, 4) is 23.4 Å². The fourth-order valence-electron chi connectivity index (χ4n) is 5.59. The molecule has 0 aliphatic rings. The second-order valence-corrected chi connectivity index (χ2v) is 14.2. The zero-order chi connectivity index (χ0) is 35.7. The van der Waals surface area contributed by atoms with E-state index in [1.807, 2.05) is 53.4 Å². The average molecular weight is 814 g/mol. The van der Waals surface area contributed by atoms with Crippen molar-refractivity contribution in [1.82, 2.24) is 4.98 Å². The molecule has 5 aromatic carbocycles. The summed E-state index contributed by atoms with van der Waals surface area (Å²) in [6, 6.07) is 34.3. The summed E-state index contributed by atoms with van der Waals surface area (Å²) in [7, 11) is 0. The van der Waals surface area contributed by atoms with Gasteiger partial charge in [0, 0.05) is 80.4 Å². The van der Waals surface area contributed by atoms with Crippen LogP contribution in [0.1, 0.15) is 33.7 Å². The van der Waals surface area contributed by atoms with E-state index in [2.05, 4.69) is 12.1 Å². The molecular formula is C38H18Cl8N4. The van der Waals surface area contributed by atoms with Gasteiger partial charge in [-0.2, -0.15) is 10.5 Å². The molecule has 1 heterocycles. The predicted molar refractivity (Wildman–Crippen MR) is 208 cm³/mol. The van der Waals surface area contributed by atoms with Gasteiger partial charge in [-0.1, -0.05) is 105 Å². The summed E-state index contributed by atoms with van der Waals surface area (Å²) in [6.07, 6.45) is 0. The second kappa shape index (κ2) is 15.3. The first kappa shape index (κ1) is 36.2. The molecule has 0 unspecified atom stereocenters. The number of pyridine rings is 1. The van der Waals surface area contributed by atoms with Gasteiger partial charge < -0.3 is 4.90 Å². The normalized spacial score (nSPS) is 10.9. The Morgan fingerprint density at radius 1 is 0.480 bits per heavy atom. The van der Waals surface area contributed by atoms with Crippen molar-refractivity contribution >= 4 is 110 Å². The fraction of sp³-hybridized carbons (Fsp3) is 0.0263. The number of anilines is 3. The standard InChI is InChI=1S/C38H18Cl8N4/c39-23-13-28(41)34(29(42)14-23)37(35-30(43)15-24(40)16-31(35)44)36-32(45)17-33(49-38(36)46)22-5-11-27(12-6-22)50(25-7-1-20(18-47)2-8-25)26-9-3-21(19-48)4-10-26/h1-17,37H. The molecule has 6 aromatic rings. The van der Waals surface area contributed by atoms with Gasteiger partial charge in [-0.25, -0.2) is 4.98 Å². The zero-order valence-electron chi connectivity index (χ0n) is 25.2. The third kappa shape index (κ3) is 7.37. The first-order valence-electron chi connectivity index (χ1n) is 14.5. The third-order valence-electron chi connectivity index (χ3n) is 7.85. The van der Waals surface area contributed by atoms with Crippen LogP contribution in [-0.2, 0) is 0 Å². The molecule has 0 saturated heterocycles. The van der Waals surface area contributed by atoms with Crippen LogP contribution in [0, 0.1) is 22.7 Å². The van der Waals surface area contributed by atoms with Gasteiger partial charge in [-0.15, -0.1) is 0 Å². The maximum atomic E-state index is 9.32. The molecule has 50 heavy (non-hydrogen) atoms. The number of hydrogen-bond donors (Lipinski definition) is 0. The highest BCUT2D eigenvalue weighted by atomic mass is 35.5. The van der Waals surface area contributed by atoms with Gasteiger partial charge in [0.05, 0.1) is 29.0 Å². The fourth-order valence-corrected chi connectivity index (χ4v) is 8.31. The lowest BCUT2D eigenvalue weighted by molar-refractivity contribution is 0.966. The molecule has 1 aromatic heterocycles. The highest BCUT2D eigenvalue weighted by molar-refractivity contribution is 6.42. The number of hydrogen-bond acceptors (Lipinski definition) is 4. The number of aromatic nitrogens is 1. The summed E-state index contributed by atoms with van der Waals surface area (Å²) in [4.78, 5) is 6.75. The van der Waals surface area contributed by atoms with Crippen LogP contribution in [0.4, 0.5) is 17.1 Å². The maximum Gasteiger partial charge on any atom is 0.135 e. The van der Waals surface area contributed by atoms with Crippen LogP contribution in [-0.4, -0.2) is 4.98 Å². The van der Waals surface area contributed by atoms with E-state index in [1.54, 1.807) is 54.6 Å². The largest absolute Gasteiger partial charge is 0.311 e. The maximum absolute atomic E-state index is 9.32. The Hall–Kier alpha value is -3.65. The third-order valence-corrected chi connectivity index (χ3v) is 10.1. The minimum atomic E-state index is -0.845. The van der Waals surface area contributed by atoms with E-state index in [9.17, 15) is 10.5 Å². The van der Waals surface area contributed by atoms with Gasteiger partial charge in [-0.05, 0) is 91.0 Å². The Balaban J connectivity index is 1.44. The molecule has 0 N–H and O–H groups in total. The quantitative estimate of drug-likeness (QED) is 0.151. The average Bonchev–Trinajstić information content (AvgIpc) is 3.08. The zero-order valence-corrected chi connectivity index (χ0v) is 31.3. The van der Waals surface area contributed by atoms with E-state index < -0.39 is 5.92 Å². The SMILES string of the molecule is N#Cc1ccc(N(c2ccc(C#N)cc2)c2ccc(-c3cc(Cl)c(C(c4c(Cl)cc(Cl)cc4Cl)c4c(Cl)cc(Cl)cc4Cl)c(Cl)n3)cc2)cc1. The Morgan fingerprint density at radius 2 is 0.840 bits per heavy atom. The van der Waals surface area contributed by atoms with E-state index in [0.717, 1.165) is 22.6 Å². The lowest BCUT2D eigenvalue weighted by Gasteiger charge is -2.26. The highest BCUT2D eigenvalue weighted by Crippen LogP contribution is 2.50. The summed E-state index contributed by atoms with van der Waals surface area (Å²) < 4.78 is 0. The van der Waals surface area contributed by atoms with Crippen LogP contribution in [0.15, 0.2) is 103 Å². The summed E-state index contributed by atoms with van der Waals surface area (Å²) >= 11 is 53.4. The molecule has 0 amide bonds. The van der Waals surface area contributed by atoms with E-state index in [1.165, 1.54) is 0 Å². The number of nitrogens with zero attached hydrogens (tertiary/aromatic N) is 4. The van der Waals surface area contributed by atoms with E-state index >= 15 is 0 Å². The van der Waals surface area contributed by atoms with Crippen molar-refractivity contribution in [2.45, 2.75) is 5.92 Å². The molecule has 6 rings (SSSR count). The smallest absolute Gasteiger partial charge is 0.135 e. The molecule has 0 saturated carbocycles. The minimum absolute atomic E-state index is 0.0718. The Bertz CT molecular complexity index is 2150. The van der Waals surface area contributed by atoms with Gasteiger partial charge in [0.25, 0.3) is 0 Å². The predicted octanol–water partition coefficient (Wildman–Crippen LogP) is 14.4. The Kier molecular flexibility index (Phi) is 11.1. The molecular weight excluding hydrogens is 796 g/mol. The van der Waals surface area contributed by atoms with Crippen LogP contribution in [0.25, 0.3) is 11.3 Å². The van der Waals surface area contributed by atoms with Crippen LogP contribution >= 0.6 is 92.8 Å². The lowest BCUT2D eigenvalue weighted by Crippen LogP contribution is -2.10. The minimum Gasteiger partial charge on any atom is -0.311 e. The first-order chi connectivity index (χ1) is 24.0. The molecule has 0 spiro atoms. The van der Waals surface area contributed by atoms with Gasteiger partial charge in [0.2, 0.25) is 0 Å². The molecule has 0 aliphatic heterocycles. The van der Waals surface area contributed by atoms with Crippen molar-refractivity contribution in [2.24, 2.45) is 0 Å². The van der Waals surface area contributed by atoms with E-state index in [0.29, 0.717) is 43.6 Å². The highest BCUT2D eigenvalue weighted by Gasteiger charge is 2.32. The molecule has 0 bridgehead atoms. The molecule has 0 atom stereocenters. The molecule has 0 radical (unpaired) electrons. The summed E-state index contributed by atoms with van der Waals surface area (Å²) in [5.41, 5.74) is 5.99. The van der Waals surface area contributed by atoms with Crippen molar-refractivity contribution in [3.05, 3.63) is 171 Å². The van der Waals surface area contributed by atoms with Gasteiger partial charge in [0.1, 0.15) is 5.15 Å². The molecule has 0 aliphatic carbocycles. The van der Waals surface area contributed by atoms with Crippen molar-refractivity contribution in [1.29, 1.82) is 10.5 Å². The molecule has 12 heteroatoms. The summed E-state index contributed by atoms with van der Waals surface area (Å²) in [5, 5.41) is 20.6. The Morgan fingerprint density at radius 3 is 1.20 bits per heavy atom. The lowest BCUT2D eigenvalue weighted by atomic mass is 9.85. The number of nitriles is 2. The molecule has 4 nitrogen and oxygen atoms in total. The van der Waals surface area contributed by atoms with Crippen LogP contribution < -0.4 is 4.90 Å². The van der Waals surface area contributed by atoms with Gasteiger partial charge in [0.15, 0.2) is 0 Å². The van der Waals surface area contributed by atoms with Crippen molar-refractivity contribution < 1.29 is 0 Å². The number of halogens is 8.